The number of aliphatic hydroxyl groups excluding tert-OH is 1. The summed E-state index contributed by atoms with van der Waals surface area (Å²) in [6.07, 6.45) is 2.94. The van der Waals surface area contributed by atoms with Crippen LogP contribution in [0.3, 0.4) is 0 Å². The predicted octanol–water partition coefficient (Wildman–Crippen LogP) is 2.55. The maximum absolute atomic E-state index is 12.1. The molecule has 0 radical (unpaired) electrons. The third-order valence-electron chi connectivity index (χ3n) is 3.82. The van der Waals surface area contributed by atoms with E-state index >= 15 is 0 Å². The Balaban J connectivity index is 0.00000129. The van der Waals surface area contributed by atoms with E-state index in [1.54, 1.807) is 0 Å². The van der Waals surface area contributed by atoms with E-state index in [1.165, 1.54) is 11.8 Å². The van der Waals surface area contributed by atoms with Gasteiger partial charge >= 0.3 is 7.82 Å². The molecule has 0 saturated heterocycles. The van der Waals surface area contributed by atoms with Crippen molar-refractivity contribution in [3.63, 3.8) is 0 Å². The van der Waals surface area contributed by atoms with Crippen molar-refractivity contribution in [2.24, 2.45) is 0 Å². The number of nitrogens with zero attached hydrogens (tertiary/aromatic N) is 1. The first kappa shape index (κ1) is 27.1. The maximum Gasteiger partial charge on any atom is 0.466 e. The zero-order valence-corrected chi connectivity index (χ0v) is 18.3. The van der Waals surface area contributed by atoms with Gasteiger partial charge in [-0.2, -0.15) is 0 Å². The molecule has 0 aliphatic heterocycles. The minimum atomic E-state index is -4.64. The molecule has 10 heteroatoms. The number of hydrogen-bond donors (Lipinski definition) is 5. The normalized spacial score (nSPS) is 11.1. The number of rotatable bonds is 12. The van der Waals surface area contributed by atoms with Gasteiger partial charge in [0.15, 0.2) is 0 Å². The lowest BCUT2D eigenvalue weighted by Crippen LogP contribution is -2.25. The number of carbonyl (C=O) groups is 1. The predicted molar refractivity (Wildman–Crippen MR) is 115 cm³/mol. The number of phosphoric acid groups is 1. The van der Waals surface area contributed by atoms with E-state index < -0.39 is 7.82 Å². The first-order valence-electron chi connectivity index (χ1n) is 9.33. The summed E-state index contributed by atoms with van der Waals surface area (Å²) in [6, 6.07) is 7.71. The number of carbonyl (C=O) groups excluding carboxylic acids is 1. The maximum atomic E-state index is 12.1. The lowest BCUT2D eigenvalue weighted by Gasteiger charge is -2.16. The number of nitrogens with one attached hydrogen (secondary N) is 1. The van der Waals surface area contributed by atoms with Crippen molar-refractivity contribution >= 4 is 30.4 Å². The molecule has 0 bridgehead atoms. The van der Waals surface area contributed by atoms with Crippen LogP contribution in [0.15, 0.2) is 24.3 Å². The Labute approximate surface area is 171 Å². The highest BCUT2D eigenvalue weighted by atomic mass is 32.2. The van der Waals surface area contributed by atoms with Gasteiger partial charge in [-0.25, -0.2) is 4.57 Å². The first-order chi connectivity index (χ1) is 13.2. The molecule has 0 fully saturated rings. The minimum absolute atomic E-state index is 0.145. The zero-order valence-electron chi connectivity index (χ0n) is 16.6. The first-order valence-corrected chi connectivity index (χ1v) is 11.9. The molecule has 0 spiro atoms. The van der Waals surface area contributed by atoms with Crippen LogP contribution in [-0.2, 0) is 4.57 Å². The molecule has 162 valence electrons. The monoisotopic (exact) mass is 436 g/mol. The summed E-state index contributed by atoms with van der Waals surface area (Å²) in [5.74, 6) is 0.839. The van der Waals surface area contributed by atoms with Gasteiger partial charge in [-0.05, 0) is 56.6 Å². The third kappa shape index (κ3) is 16.1. The van der Waals surface area contributed by atoms with Crippen LogP contribution >= 0.6 is 19.6 Å². The Hall–Kier alpha value is -0.930. The van der Waals surface area contributed by atoms with Crippen molar-refractivity contribution in [2.45, 2.75) is 33.1 Å². The molecule has 0 aliphatic carbocycles. The van der Waals surface area contributed by atoms with Gasteiger partial charge in [0.25, 0.3) is 0 Å². The molecule has 0 heterocycles. The Morgan fingerprint density at radius 3 is 2.14 bits per heavy atom. The second-order valence-electron chi connectivity index (χ2n) is 5.96. The highest BCUT2D eigenvalue weighted by Crippen LogP contribution is 2.25. The van der Waals surface area contributed by atoms with Crippen LogP contribution < -0.4 is 5.32 Å². The molecule has 5 N–H and O–H groups in total. The van der Waals surface area contributed by atoms with Gasteiger partial charge in [0.1, 0.15) is 0 Å². The lowest BCUT2D eigenvalue weighted by molar-refractivity contribution is 0.108. The fraction of sp³-hybridized carbons (Fsp3) is 0.611. The highest BCUT2D eigenvalue weighted by Gasteiger charge is 2.07. The standard InChI is InChI=1S/C18H30N2O2S.H3O4P/c1-3-20(4-2)13-15-23-18(22)16-8-10-17(11-9-16)19-12-6-5-7-14-21;1-5(2,3)4/h8-11,19,21H,3-7,12-15H2,1-2H3;(H3,1,2,3,4). The van der Waals surface area contributed by atoms with Gasteiger partial charge in [0, 0.05) is 36.7 Å². The van der Waals surface area contributed by atoms with Crippen LogP contribution in [0.5, 0.6) is 0 Å². The molecule has 0 saturated carbocycles. The van der Waals surface area contributed by atoms with E-state index in [4.69, 9.17) is 24.4 Å². The quantitative estimate of drug-likeness (QED) is 0.248. The molecule has 1 aromatic carbocycles. The summed E-state index contributed by atoms with van der Waals surface area (Å²) in [5.41, 5.74) is 1.80. The van der Waals surface area contributed by atoms with Gasteiger partial charge in [-0.1, -0.05) is 25.6 Å². The largest absolute Gasteiger partial charge is 0.466 e. The van der Waals surface area contributed by atoms with E-state index in [2.05, 4.69) is 24.1 Å². The topological polar surface area (TPSA) is 130 Å². The van der Waals surface area contributed by atoms with Crippen molar-refractivity contribution in [1.29, 1.82) is 0 Å². The number of aliphatic hydroxyl groups is 1. The van der Waals surface area contributed by atoms with Crippen LogP contribution in [0.1, 0.15) is 43.5 Å². The van der Waals surface area contributed by atoms with Crippen LogP contribution in [0.2, 0.25) is 0 Å². The Bertz CT molecular complexity index is 570. The molecule has 0 atom stereocenters. The minimum Gasteiger partial charge on any atom is -0.396 e. The van der Waals surface area contributed by atoms with E-state index in [-0.39, 0.29) is 11.7 Å². The fourth-order valence-electron chi connectivity index (χ4n) is 2.26. The molecule has 8 nitrogen and oxygen atoms in total. The smallest absolute Gasteiger partial charge is 0.396 e. The third-order valence-corrected chi connectivity index (χ3v) is 4.70. The van der Waals surface area contributed by atoms with Gasteiger partial charge in [-0.3, -0.25) is 4.79 Å². The van der Waals surface area contributed by atoms with Crippen molar-refractivity contribution < 1.29 is 29.1 Å². The molecule has 0 aromatic heterocycles. The second kappa shape index (κ2) is 15.9. The summed E-state index contributed by atoms with van der Waals surface area (Å²) in [7, 11) is -4.64. The molecule has 0 unspecified atom stereocenters. The van der Waals surface area contributed by atoms with E-state index in [9.17, 15) is 4.79 Å². The summed E-state index contributed by atoms with van der Waals surface area (Å²) < 4.78 is 8.88. The second-order valence-corrected chi connectivity index (χ2v) is 8.06. The lowest BCUT2D eigenvalue weighted by atomic mass is 10.2. The average Bonchev–Trinajstić information content (AvgIpc) is 2.64. The van der Waals surface area contributed by atoms with E-state index in [0.717, 1.165) is 62.4 Å². The van der Waals surface area contributed by atoms with E-state index in [0.29, 0.717) is 0 Å². The Kier molecular flexibility index (Phi) is 15.4. The molecule has 28 heavy (non-hydrogen) atoms. The van der Waals surface area contributed by atoms with Crippen LogP contribution in [0, 0.1) is 0 Å². The summed E-state index contributed by atoms with van der Waals surface area (Å²) in [4.78, 5) is 36.0. The summed E-state index contributed by atoms with van der Waals surface area (Å²) in [5, 5.41) is 12.2. The molecule has 1 rings (SSSR count). The number of anilines is 1. The van der Waals surface area contributed by atoms with Gasteiger partial charge in [0.2, 0.25) is 5.12 Å². The van der Waals surface area contributed by atoms with Crippen molar-refractivity contribution in [1.82, 2.24) is 4.90 Å². The average molecular weight is 437 g/mol. The summed E-state index contributed by atoms with van der Waals surface area (Å²) in [6.45, 7) is 8.47. The Morgan fingerprint density at radius 1 is 1.07 bits per heavy atom. The Morgan fingerprint density at radius 2 is 1.64 bits per heavy atom. The van der Waals surface area contributed by atoms with Gasteiger partial charge in [0.05, 0.1) is 0 Å². The number of hydrogen-bond acceptors (Lipinski definition) is 6. The molecule has 0 amide bonds. The molecule has 1 aromatic rings. The van der Waals surface area contributed by atoms with Gasteiger partial charge < -0.3 is 30.0 Å². The molecule has 0 aliphatic rings. The molecular weight excluding hydrogens is 403 g/mol. The zero-order chi connectivity index (χ0) is 21.4. The van der Waals surface area contributed by atoms with Crippen LogP contribution in [-0.4, -0.2) is 68.3 Å². The highest BCUT2D eigenvalue weighted by molar-refractivity contribution is 8.14. The fourth-order valence-corrected chi connectivity index (χ4v) is 3.10. The van der Waals surface area contributed by atoms with Crippen LogP contribution in [0.25, 0.3) is 0 Å². The van der Waals surface area contributed by atoms with Crippen molar-refractivity contribution in [3.05, 3.63) is 29.8 Å². The number of benzene rings is 1. The van der Waals surface area contributed by atoms with Crippen molar-refractivity contribution in [2.75, 3.05) is 43.9 Å². The molecular formula is C18H33N2O6PS. The van der Waals surface area contributed by atoms with E-state index in [1.807, 2.05) is 24.3 Å². The van der Waals surface area contributed by atoms with Crippen LogP contribution in [0.4, 0.5) is 5.69 Å². The van der Waals surface area contributed by atoms with Gasteiger partial charge in [-0.15, -0.1) is 0 Å². The van der Waals surface area contributed by atoms with Crippen molar-refractivity contribution in [3.8, 4) is 0 Å². The number of thioether (sulfide) groups is 1. The number of unbranched alkanes of at least 4 members (excludes halogenated alkanes) is 2. The summed E-state index contributed by atoms with van der Waals surface area (Å²) >= 11 is 1.40. The SMILES string of the molecule is CCN(CC)CCSC(=O)c1ccc(NCCCCCO)cc1.O=P(O)(O)O.